The highest BCUT2D eigenvalue weighted by Crippen LogP contribution is 2.22. The molecule has 8 heteroatoms. The summed E-state index contributed by atoms with van der Waals surface area (Å²) in [6, 6.07) is 11.5. The fraction of sp³-hybridized carbons (Fsp3) is 0.417. The molecular weight excluding hydrogens is 407 g/mol. The standard InChI is InChI=1S/C24H29FN6O/c1-16-13-17(2)31(28-16)24-26-22(14-20-5-7-21(8-6-20)18(3)25)15-23(27-24)30-11-9-29(10-12-30)19(4)32/h5-8,13,15,18H,9-12,14H2,1-4H3. The summed E-state index contributed by atoms with van der Waals surface area (Å²) in [5.41, 5.74) is 4.47. The zero-order valence-corrected chi connectivity index (χ0v) is 19.0. The molecular formula is C24H29FN6O. The number of aryl methyl sites for hydroxylation is 2. The van der Waals surface area contributed by atoms with Gasteiger partial charge in [-0.25, -0.2) is 14.1 Å². The quantitative estimate of drug-likeness (QED) is 0.612. The number of nitrogens with zero attached hydrogens (tertiary/aromatic N) is 6. The van der Waals surface area contributed by atoms with Crippen molar-refractivity contribution in [1.82, 2.24) is 24.6 Å². The Bertz CT molecular complexity index is 1100. The lowest BCUT2D eigenvalue weighted by atomic mass is 10.1. The number of rotatable bonds is 5. The van der Waals surface area contributed by atoms with Gasteiger partial charge in [-0.05, 0) is 38.0 Å². The Morgan fingerprint density at radius 1 is 1.06 bits per heavy atom. The number of carbonyl (C=O) groups excluding carboxylic acids is 1. The topological polar surface area (TPSA) is 67.2 Å². The Hall–Kier alpha value is -3.29. The number of piperazine rings is 1. The zero-order chi connectivity index (χ0) is 22.8. The van der Waals surface area contributed by atoms with Crippen molar-refractivity contribution in [1.29, 1.82) is 0 Å². The van der Waals surface area contributed by atoms with Gasteiger partial charge in [0.05, 0.1) is 11.4 Å². The summed E-state index contributed by atoms with van der Waals surface area (Å²) in [4.78, 5) is 25.3. The fourth-order valence-corrected chi connectivity index (χ4v) is 4.01. The molecule has 1 unspecified atom stereocenters. The molecule has 168 valence electrons. The third-order valence-corrected chi connectivity index (χ3v) is 5.83. The third kappa shape index (κ3) is 4.79. The molecule has 1 aliphatic rings. The van der Waals surface area contributed by atoms with Crippen molar-refractivity contribution in [3.8, 4) is 5.95 Å². The van der Waals surface area contributed by atoms with Crippen molar-refractivity contribution in [2.24, 2.45) is 0 Å². The van der Waals surface area contributed by atoms with Crippen LogP contribution in [-0.2, 0) is 11.2 Å². The van der Waals surface area contributed by atoms with Crippen LogP contribution in [-0.4, -0.2) is 56.7 Å². The molecule has 7 nitrogen and oxygen atoms in total. The van der Waals surface area contributed by atoms with E-state index in [-0.39, 0.29) is 5.91 Å². The molecule has 1 aliphatic heterocycles. The number of hydrogen-bond acceptors (Lipinski definition) is 5. The van der Waals surface area contributed by atoms with Crippen molar-refractivity contribution in [2.45, 2.75) is 40.3 Å². The van der Waals surface area contributed by atoms with E-state index in [1.165, 1.54) is 6.92 Å². The van der Waals surface area contributed by atoms with Crippen LogP contribution in [0, 0.1) is 13.8 Å². The molecule has 1 fully saturated rings. The molecule has 0 bridgehead atoms. The molecule has 0 spiro atoms. The second-order valence-corrected chi connectivity index (χ2v) is 8.38. The summed E-state index contributed by atoms with van der Waals surface area (Å²) >= 11 is 0. The van der Waals surface area contributed by atoms with Crippen molar-refractivity contribution in [2.75, 3.05) is 31.1 Å². The number of halogens is 1. The van der Waals surface area contributed by atoms with Gasteiger partial charge >= 0.3 is 0 Å². The van der Waals surface area contributed by atoms with Gasteiger partial charge in [0, 0.05) is 51.3 Å². The van der Waals surface area contributed by atoms with E-state index in [2.05, 4.69) is 10.00 Å². The highest BCUT2D eigenvalue weighted by atomic mass is 19.1. The van der Waals surface area contributed by atoms with Gasteiger partial charge in [0.25, 0.3) is 5.95 Å². The van der Waals surface area contributed by atoms with Crippen LogP contribution >= 0.6 is 0 Å². The smallest absolute Gasteiger partial charge is 0.252 e. The maximum absolute atomic E-state index is 13.5. The van der Waals surface area contributed by atoms with Gasteiger partial charge in [0.1, 0.15) is 12.0 Å². The molecule has 2 aromatic heterocycles. The summed E-state index contributed by atoms with van der Waals surface area (Å²) in [5.74, 6) is 1.46. The van der Waals surface area contributed by atoms with Crippen LogP contribution in [0.3, 0.4) is 0 Å². The maximum atomic E-state index is 13.5. The highest BCUT2D eigenvalue weighted by Gasteiger charge is 2.21. The van der Waals surface area contributed by atoms with Crippen LogP contribution in [0.1, 0.15) is 48.2 Å². The normalized spacial score (nSPS) is 15.2. The number of benzene rings is 1. The monoisotopic (exact) mass is 436 g/mol. The van der Waals surface area contributed by atoms with Crippen LogP contribution in [0.5, 0.6) is 0 Å². The van der Waals surface area contributed by atoms with Gasteiger partial charge in [0.15, 0.2) is 0 Å². The SMILES string of the molecule is CC(=O)N1CCN(c2cc(Cc3ccc(C(C)F)cc3)nc(-n3nc(C)cc3C)n2)CC1. The van der Waals surface area contributed by atoms with Crippen molar-refractivity contribution in [3.05, 3.63) is 64.6 Å². The molecule has 0 N–H and O–H groups in total. The first-order valence-corrected chi connectivity index (χ1v) is 10.9. The molecule has 3 heterocycles. The Morgan fingerprint density at radius 3 is 2.31 bits per heavy atom. The van der Waals surface area contributed by atoms with Crippen LogP contribution in [0.2, 0.25) is 0 Å². The minimum atomic E-state index is -0.985. The number of carbonyl (C=O) groups is 1. The number of alkyl halides is 1. The van der Waals surface area contributed by atoms with Crippen molar-refractivity contribution >= 4 is 11.7 Å². The van der Waals surface area contributed by atoms with E-state index in [0.29, 0.717) is 31.0 Å². The number of hydrogen-bond donors (Lipinski definition) is 0. The van der Waals surface area contributed by atoms with E-state index in [0.717, 1.165) is 41.6 Å². The molecule has 3 aromatic rings. The fourth-order valence-electron chi connectivity index (χ4n) is 4.01. The first kappa shape index (κ1) is 21.9. The van der Waals surface area contributed by atoms with Crippen LogP contribution < -0.4 is 4.90 Å². The van der Waals surface area contributed by atoms with Gasteiger partial charge < -0.3 is 9.80 Å². The summed E-state index contributed by atoms with van der Waals surface area (Å²) in [7, 11) is 0. The van der Waals surface area contributed by atoms with E-state index in [1.54, 1.807) is 11.6 Å². The molecule has 1 saturated heterocycles. The summed E-state index contributed by atoms with van der Waals surface area (Å²) in [6.07, 6.45) is -0.378. The van der Waals surface area contributed by atoms with E-state index in [9.17, 15) is 9.18 Å². The Balaban J connectivity index is 1.66. The Kier molecular flexibility index (Phi) is 6.21. The van der Waals surface area contributed by atoms with Crippen molar-refractivity contribution < 1.29 is 9.18 Å². The Morgan fingerprint density at radius 2 is 1.75 bits per heavy atom. The minimum absolute atomic E-state index is 0.0994. The van der Waals surface area contributed by atoms with E-state index in [4.69, 9.17) is 9.97 Å². The van der Waals surface area contributed by atoms with Crippen LogP contribution in [0.15, 0.2) is 36.4 Å². The minimum Gasteiger partial charge on any atom is -0.353 e. The molecule has 1 aromatic carbocycles. The summed E-state index contributed by atoms with van der Waals surface area (Å²) < 4.78 is 15.3. The molecule has 32 heavy (non-hydrogen) atoms. The summed E-state index contributed by atoms with van der Waals surface area (Å²) in [6.45, 7) is 9.86. The average molecular weight is 437 g/mol. The maximum Gasteiger partial charge on any atom is 0.252 e. The van der Waals surface area contributed by atoms with E-state index < -0.39 is 6.17 Å². The van der Waals surface area contributed by atoms with Gasteiger partial charge in [-0.3, -0.25) is 4.79 Å². The Labute approximate surface area is 187 Å². The summed E-state index contributed by atoms with van der Waals surface area (Å²) in [5, 5.41) is 4.56. The molecule has 0 aliphatic carbocycles. The molecule has 0 radical (unpaired) electrons. The molecule has 1 atom stereocenters. The molecule has 4 rings (SSSR count). The average Bonchev–Trinajstić information content (AvgIpc) is 3.12. The second kappa shape index (κ2) is 9.06. The lowest BCUT2D eigenvalue weighted by Crippen LogP contribution is -2.48. The number of anilines is 1. The first-order valence-electron chi connectivity index (χ1n) is 10.9. The predicted octanol–water partition coefficient (Wildman–Crippen LogP) is 3.57. The number of aromatic nitrogens is 4. The van der Waals surface area contributed by atoms with Crippen LogP contribution in [0.25, 0.3) is 5.95 Å². The first-order chi connectivity index (χ1) is 15.3. The van der Waals surface area contributed by atoms with Crippen molar-refractivity contribution in [3.63, 3.8) is 0 Å². The molecule has 1 amide bonds. The second-order valence-electron chi connectivity index (χ2n) is 8.38. The van der Waals surface area contributed by atoms with E-state index >= 15 is 0 Å². The van der Waals surface area contributed by atoms with Crippen LogP contribution in [0.4, 0.5) is 10.2 Å². The van der Waals surface area contributed by atoms with Gasteiger partial charge in [-0.15, -0.1) is 0 Å². The lowest BCUT2D eigenvalue weighted by Gasteiger charge is -2.35. The zero-order valence-electron chi connectivity index (χ0n) is 19.0. The van der Waals surface area contributed by atoms with E-state index in [1.807, 2.05) is 55.1 Å². The largest absolute Gasteiger partial charge is 0.353 e. The molecule has 0 saturated carbocycles. The lowest BCUT2D eigenvalue weighted by molar-refractivity contribution is -0.129. The third-order valence-electron chi connectivity index (χ3n) is 5.83. The van der Waals surface area contributed by atoms with Gasteiger partial charge in [-0.2, -0.15) is 10.1 Å². The highest BCUT2D eigenvalue weighted by molar-refractivity contribution is 5.73. The van der Waals surface area contributed by atoms with Gasteiger partial charge in [0.2, 0.25) is 5.91 Å². The predicted molar refractivity (Wildman–Crippen MR) is 122 cm³/mol. The number of amides is 1. The van der Waals surface area contributed by atoms with Gasteiger partial charge in [-0.1, -0.05) is 24.3 Å².